The highest BCUT2D eigenvalue weighted by atomic mass is 32.1. The number of nitrogens with one attached hydrogen (secondary N) is 1. The van der Waals surface area contributed by atoms with Crippen molar-refractivity contribution in [1.29, 1.82) is 0 Å². The van der Waals surface area contributed by atoms with E-state index in [1.807, 2.05) is 62.4 Å². The van der Waals surface area contributed by atoms with Crippen LogP contribution in [0.4, 0.5) is 10.5 Å². The molecular weight excluding hydrogens is 502 g/mol. The molecule has 0 aliphatic carbocycles. The molecule has 0 atom stereocenters. The molecule has 1 aromatic heterocycles. The van der Waals surface area contributed by atoms with Crippen molar-refractivity contribution in [2.75, 3.05) is 52.9 Å². The zero-order valence-corrected chi connectivity index (χ0v) is 23.6. The normalized spacial score (nSPS) is 10.7. The smallest absolute Gasteiger partial charge is 0.322 e. The van der Waals surface area contributed by atoms with E-state index in [0.29, 0.717) is 49.8 Å². The first-order valence-corrected chi connectivity index (χ1v) is 13.3. The van der Waals surface area contributed by atoms with Crippen LogP contribution in [0.3, 0.4) is 0 Å². The van der Waals surface area contributed by atoms with Crippen molar-refractivity contribution >= 4 is 29.0 Å². The van der Waals surface area contributed by atoms with E-state index >= 15 is 0 Å². The van der Waals surface area contributed by atoms with E-state index < -0.39 is 0 Å². The number of carbonyl (C=O) groups is 2. The Bertz CT molecular complexity index is 1200. The molecule has 9 heteroatoms. The van der Waals surface area contributed by atoms with Gasteiger partial charge < -0.3 is 29.3 Å². The van der Waals surface area contributed by atoms with Crippen molar-refractivity contribution < 1.29 is 23.8 Å². The molecule has 0 radical (unpaired) electrons. The van der Waals surface area contributed by atoms with Crippen LogP contribution in [0.2, 0.25) is 0 Å². The van der Waals surface area contributed by atoms with E-state index in [2.05, 4.69) is 11.4 Å². The fraction of sp³-hybridized carbons (Fsp3) is 0.379. The number of urea groups is 1. The minimum Gasteiger partial charge on any atom is -0.493 e. The van der Waals surface area contributed by atoms with Gasteiger partial charge in [-0.2, -0.15) is 0 Å². The Morgan fingerprint density at radius 1 is 0.868 bits per heavy atom. The van der Waals surface area contributed by atoms with E-state index in [-0.39, 0.29) is 18.5 Å². The van der Waals surface area contributed by atoms with Crippen molar-refractivity contribution in [3.63, 3.8) is 0 Å². The standard InChI is InChI=1S/C29H37N3O5S/c1-21-6-10-24(11-7-21)30-29(34)32(16-17-35-3)20-28(33)31(19-25-12-8-22(2)38-25)15-14-23-9-13-26(36-4)27(18-23)37-5/h6-13,18H,14-17,19-20H2,1-5H3,(H,30,34). The molecule has 38 heavy (non-hydrogen) atoms. The summed E-state index contributed by atoms with van der Waals surface area (Å²) >= 11 is 1.66. The van der Waals surface area contributed by atoms with Gasteiger partial charge in [0.05, 0.1) is 27.4 Å². The second-order valence-electron chi connectivity index (χ2n) is 8.98. The topological polar surface area (TPSA) is 80.3 Å². The summed E-state index contributed by atoms with van der Waals surface area (Å²) in [6.07, 6.45) is 0.629. The number of benzene rings is 2. The highest BCUT2D eigenvalue weighted by molar-refractivity contribution is 7.11. The number of ether oxygens (including phenoxy) is 3. The van der Waals surface area contributed by atoms with Gasteiger partial charge in [-0.1, -0.05) is 23.8 Å². The SMILES string of the molecule is COCCN(CC(=O)N(CCc1ccc(OC)c(OC)c1)Cc1ccc(C)s1)C(=O)Nc1ccc(C)cc1. The molecule has 3 aromatic rings. The maximum absolute atomic E-state index is 13.6. The van der Waals surface area contributed by atoms with Gasteiger partial charge in [0, 0.05) is 35.6 Å². The fourth-order valence-corrected chi connectivity index (χ4v) is 4.81. The summed E-state index contributed by atoms with van der Waals surface area (Å²) in [4.78, 5) is 32.3. The average molecular weight is 540 g/mol. The molecule has 0 bridgehead atoms. The van der Waals surface area contributed by atoms with Crippen LogP contribution in [0.15, 0.2) is 54.6 Å². The third-order valence-corrected chi connectivity index (χ3v) is 7.08. The first-order valence-electron chi connectivity index (χ1n) is 12.5. The third-order valence-electron chi connectivity index (χ3n) is 6.10. The van der Waals surface area contributed by atoms with E-state index in [0.717, 1.165) is 16.0 Å². The highest BCUT2D eigenvalue weighted by Crippen LogP contribution is 2.28. The minimum absolute atomic E-state index is 0.0582. The molecule has 0 aliphatic rings. The molecule has 0 unspecified atom stereocenters. The summed E-state index contributed by atoms with van der Waals surface area (Å²) in [6.45, 7) is 5.56. The summed E-state index contributed by atoms with van der Waals surface area (Å²) in [7, 11) is 4.78. The van der Waals surface area contributed by atoms with Crippen LogP contribution >= 0.6 is 11.3 Å². The summed E-state index contributed by atoms with van der Waals surface area (Å²) in [5.41, 5.74) is 2.80. The lowest BCUT2D eigenvalue weighted by Gasteiger charge is -2.28. The summed E-state index contributed by atoms with van der Waals surface area (Å²) < 4.78 is 16.0. The molecule has 8 nitrogen and oxygen atoms in total. The Hall–Kier alpha value is -3.56. The van der Waals surface area contributed by atoms with E-state index in [1.165, 1.54) is 9.78 Å². The van der Waals surface area contributed by atoms with Crippen molar-refractivity contribution in [1.82, 2.24) is 9.80 Å². The van der Waals surface area contributed by atoms with Gasteiger partial charge in [0.2, 0.25) is 5.91 Å². The molecule has 3 amide bonds. The van der Waals surface area contributed by atoms with Crippen LogP contribution in [0.1, 0.15) is 20.9 Å². The van der Waals surface area contributed by atoms with Gasteiger partial charge in [0.1, 0.15) is 6.54 Å². The largest absolute Gasteiger partial charge is 0.493 e. The Labute approximate surface area is 229 Å². The number of aryl methyl sites for hydroxylation is 2. The van der Waals surface area contributed by atoms with Gasteiger partial charge in [0.15, 0.2) is 11.5 Å². The fourth-order valence-electron chi connectivity index (χ4n) is 3.91. The molecular formula is C29H37N3O5S. The predicted molar refractivity (Wildman–Crippen MR) is 151 cm³/mol. The van der Waals surface area contributed by atoms with Crippen LogP contribution in [0.25, 0.3) is 0 Å². The lowest BCUT2D eigenvalue weighted by Crippen LogP contribution is -2.46. The van der Waals surface area contributed by atoms with Crippen LogP contribution in [-0.2, 0) is 22.5 Å². The molecule has 0 aliphatic heterocycles. The molecule has 3 rings (SSSR count). The Morgan fingerprint density at radius 3 is 2.24 bits per heavy atom. The molecule has 1 N–H and O–H groups in total. The number of rotatable bonds is 13. The predicted octanol–water partition coefficient (Wildman–Crippen LogP) is 5.13. The molecule has 0 spiro atoms. The first kappa shape index (κ1) is 29.0. The third kappa shape index (κ3) is 8.49. The van der Waals surface area contributed by atoms with E-state index in [1.54, 1.807) is 37.6 Å². The maximum Gasteiger partial charge on any atom is 0.322 e. The number of carbonyl (C=O) groups excluding carboxylic acids is 2. The Morgan fingerprint density at radius 2 is 1.61 bits per heavy atom. The minimum atomic E-state index is -0.342. The Kier molecular flexibility index (Phi) is 11.0. The Balaban J connectivity index is 1.75. The maximum atomic E-state index is 13.6. The van der Waals surface area contributed by atoms with E-state index in [4.69, 9.17) is 14.2 Å². The lowest BCUT2D eigenvalue weighted by molar-refractivity contribution is -0.132. The molecule has 1 heterocycles. The van der Waals surface area contributed by atoms with Gasteiger partial charge in [-0.15, -0.1) is 11.3 Å². The number of amides is 3. The molecule has 204 valence electrons. The number of hydrogen-bond acceptors (Lipinski definition) is 6. The second-order valence-corrected chi connectivity index (χ2v) is 10.3. The summed E-state index contributed by atoms with van der Waals surface area (Å²) in [5, 5.41) is 2.89. The average Bonchev–Trinajstić information content (AvgIpc) is 3.34. The number of anilines is 1. The number of methoxy groups -OCH3 is 3. The van der Waals surface area contributed by atoms with Crippen molar-refractivity contribution in [3.8, 4) is 11.5 Å². The van der Waals surface area contributed by atoms with Gasteiger partial charge in [-0.3, -0.25) is 4.79 Å². The van der Waals surface area contributed by atoms with Crippen molar-refractivity contribution in [2.45, 2.75) is 26.8 Å². The van der Waals surface area contributed by atoms with Gasteiger partial charge in [0.25, 0.3) is 0 Å². The highest BCUT2D eigenvalue weighted by Gasteiger charge is 2.22. The quantitative estimate of drug-likeness (QED) is 0.326. The van der Waals surface area contributed by atoms with Crippen LogP contribution in [-0.4, -0.2) is 69.3 Å². The summed E-state index contributed by atoms with van der Waals surface area (Å²) in [6, 6.07) is 17.1. The van der Waals surface area contributed by atoms with Crippen LogP contribution < -0.4 is 14.8 Å². The number of nitrogens with zero attached hydrogens (tertiary/aromatic N) is 2. The van der Waals surface area contributed by atoms with Gasteiger partial charge >= 0.3 is 6.03 Å². The van der Waals surface area contributed by atoms with Crippen LogP contribution in [0.5, 0.6) is 11.5 Å². The molecule has 0 saturated carbocycles. The molecule has 0 saturated heterocycles. The first-order chi connectivity index (χ1) is 18.3. The van der Waals surface area contributed by atoms with E-state index in [9.17, 15) is 9.59 Å². The number of thiophene rings is 1. The van der Waals surface area contributed by atoms with Crippen LogP contribution in [0, 0.1) is 13.8 Å². The second kappa shape index (κ2) is 14.4. The van der Waals surface area contributed by atoms with Crippen molar-refractivity contribution in [3.05, 3.63) is 75.5 Å². The zero-order valence-electron chi connectivity index (χ0n) is 22.8. The van der Waals surface area contributed by atoms with Gasteiger partial charge in [-0.05, 0) is 62.2 Å². The zero-order chi connectivity index (χ0) is 27.5. The lowest BCUT2D eigenvalue weighted by atomic mass is 10.1. The monoisotopic (exact) mass is 539 g/mol. The molecule has 0 fully saturated rings. The van der Waals surface area contributed by atoms with Gasteiger partial charge in [-0.25, -0.2) is 4.79 Å². The number of hydrogen-bond donors (Lipinski definition) is 1. The van der Waals surface area contributed by atoms with Crippen molar-refractivity contribution in [2.24, 2.45) is 0 Å². The summed E-state index contributed by atoms with van der Waals surface area (Å²) in [5.74, 6) is 1.17. The molecule has 2 aromatic carbocycles.